The first-order valence-corrected chi connectivity index (χ1v) is 9.15. The second-order valence-electron chi connectivity index (χ2n) is 4.42. The van der Waals surface area contributed by atoms with Crippen LogP contribution < -0.4 is 9.46 Å². The Morgan fingerprint density at radius 2 is 2.09 bits per heavy atom. The first kappa shape index (κ1) is 16.8. The number of carbonyl (C=O) groups excluding carboxylic acids is 1. The highest BCUT2D eigenvalue weighted by Crippen LogP contribution is 2.34. The van der Waals surface area contributed by atoms with Gasteiger partial charge < -0.3 is 4.74 Å². The van der Waals surface area contributed by atoms with Gasteiger partial charge in [0.05, 0.1) is 4.90 Å². The molecule has 5 nitrogen and oxygen atoms in total. The summed E-state index contributed by atoms with van der Waals surface area (Å²) in [6, 6.07) is 6.19. The van der Waals surface area contributed by atoms with E-state index in [1.807, 2.05) is 0 Å². The largest absolute Gasteiger partial charge is 0.413 e. The molecule has 0 saturated carbocycles. The summed E-state index contributed by atoms with van der Waals surface area (Å²) in [5.41, 5.74) is 0.685. The van der Waals surface area contributed by atoms with Crippen LogP contribution in [0.15, 0.2) is 34.5 Å². The maximum atomic E-state index is 12.5. The summed E-state index contributed by atoms with van der Waals surface area (Å²) in [5, 5.41) is 2.22. The van der Waals surface area contributed by atoms with E-state index >= 15 is 0 Å². The van der Waals surface area contributed by atoms with Crippen molar-refractivity contribution in [3.8, 4) is 5.06 Å². The first-order chi connectivity index (χ1) is 10.3. The number of sulfonamides is 1. The first-order valence-electron chi connectivity index (χ1n) is 6.41. The standard InChI is InChI=1S/C14H14ClNO4S2/c1-3-13(17)20-14-11(7-8-21-14)16-22(18,19)12-6-4-5-10(15)9(12)2/h4-8,16H,3H2,1-2H3. The molecule has 1 aromatic carbocycles. The number of hydrogen-bond donors (Lipinski definition) is 1. The molecular formula is C14H14ClNO4S2. The Kier molecular flexibility index (Phi) is 5.10. The fourth-order valence-electron chi connectivity index (χ4n) is 1.70. The monoisotopic (exact) mass is 359 g/mol. The van der Waals surface area contributed by atoms with Gasteiger partial charge in [-0.1, -0.05) is 24.6 Å². The van der Waals surface area contributed by atoms with Crippen LogP contribution in [0.3, 0.4) is 0 Å². The highest BCUT2D eigenvalue weighted by atomic mass is 35.5. The molecule has 0 amide bonds. The molecule has 0 fully saturated rings. The second kappa shape index (κ2) is 6.68. The lowest BCUT2D eigenvalue weighted by atomic mass is 10.2. The van der Waals surface area contributed by atoms with Gasteiger partial charge in [-0.05, 0) is 36.1 Å². The lowest BCUT2D eigenvalue weighted by Gasteiger charge is -2.11. The fourth-order valence-corrected chi connectivity index (χ4v) is 4.05. The molecule has 118 valence electrons. The molecule has 8 heteroatoms. The van der Waals surface area contributed by atoms with Crippen LogP contribution in [0.2, 0.25) is 5.02 Å². The van der Waals surface area contributed by atoms with E-state index in [0.29, 0.717) is 10.6 Å². The van der Waals surface area contributed by atoms with Gasteiger partial charge in [-0.2, -0.15) is 0 Å². The van der Waals surface area contributed by atoms with Crippen LogP contribution in [0.4, 0.5) is 5.69 Å². The Morgan fingerprint density at radius 3 is 2.77 bits per heavy atom. The van der Waals surface area contributed by atoms with Gasteiger partial charge in [0.15, 0.2) is 0 Å². The zero-order valence-corrected chi connectivity index (χ0v) is 14.3. The van der Waals surface area contributed by atoms with Crippen molar-refractivity contribution in [1.29, 1.82) is 0 Å². The number of carbonyl (C=O) groups is 1. The second-order valence-corrected chi connectivity index (χ2v) is 7.35. The van der Waals surface area contributed by atoms with Gasteiger partial charge in [0, 0.05) is 11.4 Å². The van der Waals surface area contributed by atoms with Gasteiger partial charge in [-0.3, -0.25) is 9.52 Å². The van der Waals surface area contributed by atoms with Crippen LogP contribution in [0.5, 0.6) is 5.06 Å². The number of halogens is 1. The average Bonchev–Trinajstić information content (AvgIpc) is 2.87. The molecule has 2 aromatic rings. The summed E-state index contributed by atoms with van der Waals surface area (Å²) in [4.78, 5) is 11.4. The van der Waals surface area contributed by atoms with Crippen molar-refractivity contribution in [2.75, 3.05) is 4.72 Å². The molecule has 1 N–H and O–H groups in total. The quantitative estimate of drug-likeness (QED) is 0.823. The molecule has 0 saturated heterocycles. The number of nitrogens with one attached hydrogen (secondary N) is 1. The van der Waals surface area contributed by atoms with Crippen LogP contribution in [0.25, 0.3) is 0 Å². The number of anilines is 1. The van der Waals surface area contributed by atoms with E-state index in [9.17, 15) is 13.2 Å². The predicted molar refractivity (Wildman–Crippen MR) is 87.2 cm³/mol. The van der Waals surface area contributed by atoms with Crippen LogP contribution >= 0.6 is 22.9 Å². The normalized spacial score (nSPS) is 11.2. The summed E-state index contributed by atoms with van der Waals surface area (Å²) < 4.78 is 32.5. The van der Waals surface area contributed by atoms with Gasteiger partial charge >= 0.3 is 5.97 Å². The van der Waals surface area contributed by atoms with E-state index in [1.54, 1.807) is 37.4 Å². The predicted octanol–water partition coefficient (Wildman–Crippen LogP) is 3.83. The summed E-state index contributed by atoms with van der Waals surface area (Å²) in [5.74, 6) is -0.429. The van der Waals surface area contributed by atoms with Crippen molar-refractivity contribution in [3.05, 3.63) is 40.2 Å². The number of hydrogen-bond acceptors (Lipinski definition) is 5. The molecule has 0 aliphatic heterocycles. The molecule has 2 rings (SSSR count). The van der Waals surface area contributed by atoms with Crippen molar-refractivity contribution >= 4 is 44.6 Å². The van der Waals surface area contributed by atoms with E-state index in [-0.39, 0.29) is 22.1 Å². The minimum atomic E-state index is -3.82. The minimum Gasteiger partial charge on any atom is -0.413 e. The van der Waals surface area contributed by atoms with E-state index in [0.717, 1.165) is 11.3 Å². The van der Waals surface area contributed by atoms with E-state index in [4.69, 9.17) is 16.3 Å². The highest BCUT2D eigenvalue weighted by Gasteiger charge is 2.21. The smallest absolute Gasteiger partial charge is 0.311 e. The Bertz CT molecular complexity index is 799. The van der Waals surface area contributed by atoms with Crippen molar-refractivity contribution < 1.29 is 17.9 Å². The molecule has 0 spiro atoms. The molecule has 1 heterocycles. The lowest BCUT2D eigenvalue weighted by Crippen LogP contribution is -2.15. The fraction of sp³-hybridized carbons (Fsp3) is 0.214. The third kappa shape index (κ3) is 3.60. The van der Waals surface area contributed by atoms with Crippen LogP contribution in [-0.4, -0.2) is 14.4 Å². The molecule has 0 unspecified atom stereocenters. The molecule has 0 atom stereocenters. The zero-order chi connectivity index (χ0) is 16.3. The van der Waals surface area contributed by atoms with Crippen LogP contribution in [0.1, 0.15) is 18.9 Å². The van der Waals surface area contributed by atoms with Crippen molar-refractivity contribution in [1.82, 2.24) is 0 Å². The van der Waals surface area contributed by atoms with Crippen molar-refractivity contribution in [2.45, 2.75) is 25.2 Å². The van der Waals surface area contributed by atoms with Crippen LogP contribution in [0, 0.1) is 6.92 Å². The van der Waals surface area contributed by atoms with Crippen molar-refractivity contribution in [3.63, 3.8) is 0 Å². The number of esters is 1. The van der Waals surface area contributed by atoms with E-state index in [2.05, 4.69) is 4.72 Å². The zero-order valence-electron chi connectivity index (χ0n) is 11.9. The maximum absolute atomic E-state index is 12.5. The average molecular weight is 360 g/mol. The van der Waals surface area contributed by atoms with Gasteiger partial charge in [-0.25, -0.2) is 8.42 Å². The minimum absolute atomic E-state index is 0.0824. The Labute approximate surface area is 137 Å². The Morgan fingerprint density at radius 1 is 1.36 bits per heavy atom. The third-order valence-electron chi connectivity index (χ3n) is 2.88. The molecular weight excluding hydrogens is 346 g/mol. The van der Waals surface area contributed by atoms with Crippen LogP contribution in [-0.2, 0) is 14.8 Å². The molecule has 0 aliphatic rings. The SMILES string of the molecule is CCC(=O)Oc1sccc1NS(=O)(=O)c1cccc(Cl)c1C. The Hall–Kier alpha value is -1.57. The molecule has 1 aromatic heterocycles. The third-order valence-corrected chi connectivity index (χ3v) is 5.59. The summed E-state index contributed by atoms with van der Waals surface area (Å²) in [6.07, 6.45) is 0.206. The topological polar surface area (TPSA) is 72.5 Å². The van der Waals surface area contributed by atoms with Gasteiger partial charge in [-0.15, -0.1) is 11.3 Å². The molecule has 0 radical (unpaired) electrons. The summed E-state index contributed by atoms with van der Waals surface area (Å²) in [7, 11) is -3.82. The van der Waals surface area contributed by atoms with E-state index in [1.165, 1.54) is 6.07 Å². The van der Waals surface area contributed by atoms with Gasteiger partial charge in [0.2, 0.25) is 5.06 Å². The van der Waals surface area contributed by atoms with E-state index < -0.39 is 16.0 Å². The van der Waals surface area contributed by atoms with Gasteiger partial charge in [0.25, 0.3) is 10.0 Å². The summed E-state index contributed by atoms with van der Waals surface area (Å²) in [6.45, 7) is 3.29. The Balaban J connectivity index is 2.32. The summed E-state index contributed by atoms with van der Waals surface area (Å²) >= 11 is 7.10. The molecule has 0 aliphatic carbocycles. The lowest BCUT2D eigenvalue weighted by molar-refractivity contribution is -0.133. The molecule has 0 bridgehead atoms. The highest BCUT2D eigenvalue weighted by molar-refractivity contribution is 7.92. The number of rotatable bonds is 5. The number of benzene rings is 1. The molecule has 22 heavy (non-hydrogen) atoms. The number of thiophene rings is 1. The number of ether oxygens (including phenoxy) is 1. The van der Waals surface area contributed by atoms with Crippen molar-refractivity contribution in [2.24, 2.45) is 0 Å². The maximum Gasteiger partial charge on any atom is 0.311 e. The van der Waals surface area contributed by atoms with Gasteiger partial charge in [0.1, 0.15) is 5.69 Å².